The predicted molar refractivity (Wildman–Crippen MR) is 33.2 cm³/mol. The van der Waals surface area contributed by atoms with Crippen LogP contribution in [0.25, 0.3) is 0 Å². The molecule has 54 valence electrons. The molecule has 0 aromatic rings. The summed E-state index contributed by atoms with van der Waals surface area (Å²) in [7, 11) is 0. The van der Waals surface area contributed by atoms with E-state index in [0.717, 1.165) is 6.08 Å². The van der Waals surface area contributed by atoms with Gasteiger partial charge in [0.1, 0.15) is 0 Å². The van der Waals surface area contributed by atoms with Crippen molar-refractivity contribution in [2.24, 2.45) is 0 Å². The van der Waals surface area contributed by atoms with Crippen molar-refractivity contribution in [1.29, 1.82) is 5.26 Å². The zero-order chi connectivity index (χ0) is 7.98. The van der Waals surface area contributed by atoms with Gasteiger partial charge in [-0.25, -0.2) is 4.79 Å². The van der Waals surface area contributed by atoms with Gasteiger partial charge in [0.25, 0.3) is 0 Å². The lowest BCUT2D eigenvalue weighted by Crippen LogP contribution is -1.98. The summed E-state index contributed by atoms with van der Waals surface area (Å²) in [5.41, 5.74) is 0. The van der Waals surface area contributed by atoms with E-state index in [1.54, 1.807) is 0 Å². The van der Waals surface area contributed by atoms with Crippen LogP contribution in [0, 0.1) is 11.3 Å². The highest BCUT2D eigenvalue weighted by Gasteiger charge is 2.00. The fourth-order valence-corrected chi connectivity index (χ4v) is 0.361. The molecule has 0 rings (SSSR count). The Morgan fingerprint density at radius 1 is 1.60 bits per heavy atom. The maximum atomic E-state index is 9.89. The highest BCUT2D eigenvalue weighted by molar-refractivity contribution is 5.83. The topological polar surface area (TPSA) is 81.3 Å². The fourth-order valence-electron chi connectivity index (χ4n) is 0.361. The number of unbranched alkanes of at least 4 members (excludes halogenated alkanes) is 1. The molecule has 2 N–H and O–H groups in total. The zero-order valence-electron chi connectivity index (χ0n) is 5.24. The smallest absolute Gasteiger partial charge is 0.370 e. The van der Waals surface area contributed by atoms with Gasteiger partial charge in [0.2, 0.25) is 0 Å². The molecule has 0 amide bonds. The number of hydrogen-bond donors (Lipinski definition) is 2. The number of carboxylic acid groups (broad SMARTS) is 1. The summed E-state index contributed by atoms with van der Waals surface area (Å²) >= 11 is 0. The number of aliphatic hydroxyl groups excluding tert-OH is 1. The molecule has 0 aliphatic rings. The van der Waals surface area contributed by atoms with E-state index in [4.69, 9.17) is 15.5 Å². The number of aliphatic hydroxyl groups is 1. The first-order chi connectivity index (χ1) is 4.68. The van der Waals surface area contributed by atoms with Gasteiger partial charge < -0.3 is 10.2 Å². The molecule has 10 heavy (non-hydrogen) atoms. The van der Waals surface area contributed by atoms with Crippen molar-refractivity contribution in [2.75, 3.05) is 0 Å². The van der Waals surface area contributed by atoms with Gasteiger partial charge in [-0.3, -0.25) is 0 Å². The molecule has 0 aromatic carbocycles. The van der Waals surface area contributed by atoms with Gasteiger partial charge in [0.15, 0.2) is 5.76 Å². The molecule has 0 atom stereocenters. The van der Waals surface area contributed by atoms with Crippen molar-refractivity contribution in [3.63, 3.8) is 0 Å². The Morgan fingerprint density at radius 2 is 2.20 bits per heavy atom. The molecule has 0 unspecified atom stereocenters. The lowest BCUT2D eigenvalue weighted by molar-refractivity contribution is -0.135. The molecule has 0 bridgehead atoms. The summed E-state index contributed by atoms with van der Waals surface area (Å²) in [6.45, 7) is 0. The normalized spacial score (nSPS) is 10.5. The van der Waals surface area contributed by atoms with Crippen molar-refractivity contribution in [3.8, 4) is 6.07 Å². The number of carboxylic acids is 1. The quantitative estimate of drug-likeness (QED) is 0.346. The minimum atomic E-state index is -1.36. The molecule has 0 radical (unpaired) electrons. The van der Waals surface area contributed by atoms with E-state index in [-0.39, 0.29) is 12.8 Å². The second kappa shape index (κ2) is 4.39. The number of rotatable bonds is 3. The van der Waals surface area contributed by atoms with Gasteiger partial charge in [0, 0.05) is 6.42 Å². The van der Waals surface area contributed by atoms with Gasteiger partial charge in [-0.15, -0.1) is 0 Å². The third kappa shape index (κ3) is 3.50. The minimum Gasteiger partial charge on any atom is -0.502 e. The average molecular weight is 141 g/mol. The Balaban J connectivity index is 3.72. The second-order valence-corrected chi connectivity index (χ2v) is 1.59. The molecule has 0 saturated carbocycles. The minimum absolute atomic E-state index is 0.220. The Hall–Kier alpha value is -1.50. The number of nitrogens with zero attached hydrogens (tertiary/aromatic N) is 1. The SMILES string of the molecule is N#CCCC=C(O)C(=O)O. The van der Waals surface area contributed by atoms with E-state index in [0.29, 0.717) is 0 Å². The molecule has 0 spiro atoms. The van der Waals surface area contributed by atoms with Crippen LogP contribution in [-0.2, 0) is 4.79 Å². The molecule has 0 heterocycles. The Kier molecular flexibility index (Phi) is 3.73. The van der Waals surface area contributed by atoms with E-state index in [9.17, 15) is 4.79 Å². The van der Waals surface area contributed by atoms with Crippen LogP contribution < -0.4 is 0 Å². The first-order valence-electron chi connectivity index (χ1n) is 2.68. The van der Waals surface area contributed by atoms with Crippen LogP contribution in [0.15, 0.2) is 11.8 Å². The molecular formula is C6H7NO3. The molecule has 0 aliphatic carbocycles. The second-order valence-electron chi connectivity index (χ2n) is 1.59. The Morgan fingerprint density at radius 3 is 2.60 bits per heavy atom. The van der Waals surface area contributed by atoms with Gasteiger partial charge in [-0.05, 0) is 12.5 Å². The summed E-state index contributed by atoms with van der Waals surface area (Å²) in [6, 6.07) is 1.81. The van der Waals surface area contributed by atoms with Crippen LogP contribution in [0.2, 0.25) is 0 Å². The average Bonchev–Trinajstić information content (AvgIpc) is 1.88. The van der Waals surface area contributed by atoms with E-state index in [2.05, 4.69) is 0 Å². The van der Waals surface area contributed by atoms with Gasteiger partial charge in [-0.2, -0.15) is 5.26 Å². The summed E-state index contributed by atoms with van der Waals surface area (Å²) < 4.78 is 0. The molecule has 0 saturated heterocycles. The van der Waals surface area contributed by atoms with Crippen LogP contribution in [0.4, 0.5) is 0 Å². The summed E-state index contributed by atoms with van der Waals surface area (Å²) in [6.07, 6.45) is 1.59. The predicted octanol–water partition coefficient (Wildman–Crippen LogP) is 0.817. The molecule has 0 fully saturated rings. The number of aliphatic carboxylic acids is 1. The Labute approximate surface area is 58.0 Å². The van der Waals surface area contributed by atoms with Crippen LogP contribution in [0.5, 0.6) is 0 Å². The molecule has 0 aliphatic heterocycles. The van der Waals surface area contributed by atoms with Crippen molar-refractivity contribution in [2.45, 2.75) is 12.8 Å². The monoisotopic (exact) mass is 141 g/mol. The summed E-state index contributed by atoms with van der Waals surface area (Å²) in [5.74, 6) is -2.06. The van der Waals surface area contributed by atoms with Crippen molar-refractivity contribution < 1.29 is 15.0 Å². The highest BCUT2D eigenvalue weighted by Crippen LogP contribution is 1.94. The maximum absolute atomic E-state index is 9.89. The van der Waals surface area contributed by atoms with Crippen LogP contribution in [0.3, 0.4) is 0 Å². The number of allylic oxidation sites excluding steroid dienone is 1. The van der Waals surface area contributed by atoms with Crippen LogP contribution >= 0.6 is 0 Å². The van der Waals surface area contributed by atoms with Crippen LogP contribution in [-0.4, -0.2) is 16.2 Å². The first-order valence-corrected chi connectivity index (χ1v) is 2.68. The standard InChI is InChI=1S/C6H7NO3/c7-4-2-1-3-5(8)6(9)10/h3,8H,1-2H2,(H,9,10). The number of carbonyl (C=O) groups is 1. The third-order valence-electron chi connectivity index (χ3n) is 0.813. The number of hydrogen-bond acceptors (Lipinski definition) is 3. The van der Waals surface area contributed by atoms with Gasteiger partial charge >= 0.3 is 5.97 Å². The first kappa shape index (κ1) is 8.50. The Bertz CT molecular complexity index is 190. The van der Waals surface area contributed by atoms with E-state index in [1.165, 1.54) is 0 Å². The third-order valence-corrected chi connectivity index (χ3v) is 0.813. The van der Waals surface area contributed by atoms with Crippen molar-refractivity contribution in [3.05, 3.63) is 11.8 Å². The van der Waals surface area contributed by atoms with Crippen LogP contribution in [0.1, 0.15) is 12.8 Å². The van der Waals surface area contributed by atoms with E-state index < -0.39 is 11.7 Å². The molecule has 4 nitrogen and oxygen atoms in total. The fraction of sp³-hybridized carbons (Fsp3) is 0.333. The zero-order valence-corrected chi connectivity index (χ0v) is 5.24. The summed E-state index contributed by atoms with van der Waals surface area (Å²) in [4.78, 5) is 9.89. The lowest BCUT2D eigenvalue weighted by atomic mass is 10.3. The lowest BCUT2D eigenvalue weighted by Gasteiger charge is -1.88. The van der Waals surface area contributed by atoms with Gasteiger partial charge in [-0.1, -0.05) is 0 Å². The molecular weight excluding hydrogens is 134 g/mol. The highest BCUT2D eigenvalue weighted by atomic mass is 16.4. The largest absolute Gasteiger partial charge is 0.502 e. The maximum Gasteiger partial charge on any atom is 0.370 e. The summed E-state index contributed by atoms with van der Waals surface area (Å²) in [5, 5.41) is 24.6. The number of nitriles is 1. The van der Waals surface area contributed by atoms with E-state index >= 15 is 0 Å². The molecule has 0 aromatic heterocycles. The van der Waals surface area contributed by atoms with E-state index in [1.807, 2.05) is 6.07 Å². The van der Waals surface area contributed by atoms with Crippen molar-refractivity contribution in [1.82, 2.24) is 0 Å². The van der Waals surface area contributed by atoms with Gasteiger partial charge in [0.05, 0.1) is 6.07 Å². The van der Waals surface area contributed by atoms with Crippen molar-refractivity contribution >= 4 is 5.97 Å². The molecule has 4 heteroatoms.